The predicted octanol–water partition coefficient (Wildman–Crippen LogP) is 3.87. The predicted molar refractivity (Wildman–Crippen MR) is 202 cm³/mol. The number of methoxy groups -OCH3 is 3. The molecule has 58 heavy (non-hydrogen) atoms. The van der Waals surface area contributed by atoms with Crippen LogP contribution in [-0.2, 0) is 0 Å². The summed E-state index contributed by atoms with van der Waals surface area (Å²) in [6.07, 6.45) is 0. The minimum Gasteiger partial charge on any atom is -0.545 e. The van der Waals surface area contributed by atoms with E-state index in [0.29, 0.717) is 33.9 Å². The molecule has 0 unspecified atom stereocenters. The SMILES string of the molecule is COc1ccc(C(=O)c2ccccc2C(=O)[O-])cc1.COc1ccc(C(=O)c2ccccc2C(=O)[O-])cc1.COc1ccc(C(=O)c2ccccc2C(=O)[O-])cc1.[Eu+2]. The van der Waals surface area contributed by atoms with Crippen LogP contribution in [0.1, 0.15) is 78.8 Å². The van der Waals surface area contributed by atoms with Gasteiger partial charge < -0.3 is 43.9 Å². The number of ketones is 3. The van der Waals surface area contributed by atoms with E-state index in [-0.39, 0.29) is 100 Å². The van der Waals surface area contributed by atoms with Crippen LogP contribution >= 0.6 is 0 Å². The van der Waals surface area contributed by atoms with Crippen molar-refractivity contribution >= 4 is 35.3 Å². The second-order valence-electron chi connectivity index (χ2n) is 11.7. The van der Waals surface area contributed by atoms with Crippen LogP contribution in [0.4, 0.5) is 0 Å². The van der Waals surface area contributed by atoms with E-state index in [1.54, 1.807) is 109 Å². The second kappa shape index (κ2) is 22.5. The Kier molecular flexibility index (Phi) is 17.9. The van der Waals surface area contributed by atoms with Gasteiger partial charge in [0.25, 0.3) is 0 Å². The zero-order valence-electron chi connectivity index (χ0n) is 31.1. The molecule has 6 rings (SSSR count). The molecule has 1 radical (unpaired) electrons. The van der Waals surface area contributed by atoms with Gasteiger partial charge in [-0.05, 0) is 72.8 Å². The average Bonchev–Trinajstić information content (AvgIpc) is 3.26. The van der Waals surface area contributed by atoms with E-state index in [1.807, 2.05) is 0 Å². The van der Waals surface area contributed by atoms with Gasteiger partial charge in [-0.15, -0.1) is 0 Å². The summed E-state index contributed by atoms with van der Waals surface area (Å²) < 4.78 is 15.0. The Labute approximate surface area is 374 Å². The first kappa shape index (κ1) is 46.1. The normalized spacial score (nSPS) is 9.78. The monoisotopic (exact) mass is 918 g/mol. The van der Waals surface area contributed by atoms with Crippen LogP contribution in [-0.4, -0.2) is 56.6 Å². The van der Waals surface area contributed by atoms with Crippen molar-refractivity contribution in [3.05, 3.63) is 196 Å². The fourth-order valence-corrected chi connectivity index (χ4v) is 5.27. The summed E-state index contributed by atoms with van der Waals surface area (Å²) in [5.41, 5.74) is 1.22. The molecule has 0 fully saturated rings. The molecule has 0 aliphatic rings. The molecule has 12 nitrogen and oxygen atoms in total. The number of carboxylic acids is 3. The third-order valence-corrected chi connectivity index (χ3v) is 8.23. The Morgan fingerprint density at radius 3 is 0.690 bits per heavy atom. The summed E-state index contributed by atoms with van der Waals surface area (Å²) in [5, 5.41) is 32.9. The van der Waals surface area contributed by atoms with E-state index >= 15 is 0 Å². The summed E-state index contributed by atoms with van der Waals surface area (Å²) in [4.78, 5) is 69.6. The fraction of sp³-hybridized carbons (Fsp3) is 0.0667. The van der Waals surface area contributed by atoms with Gasteiger partial charge >= 0.3 is 49.4 Å². The Balaban J connectivity index is 0.000000231. The number of aromatic carboxylic acids is 3. The summed E-state index contributed by atoms with van der Waals surface area (Å²) >= 11 is 0. The van der Waals surface area contributed by atoms with Crippen molar-refractivity contribution in [2.45, 2.75) is 0 Å². The molecule has 293 valence electrons. The third-order valence-electron chi connectivity index (χ3n) is 8.23. The van der Waals surface area contributed by atoms with Crippen LogP contribution in [0.2, 0.25) is 0 Å². The zero-order valence-corrected chi connectivity index (χ0v) is 33.6. The van der Waals surface area contributed by atoms with Crippen molar-refractivity contribution in [3.8, 4) is 17.2 Å². The smallest absolute Gasteiger partial charge is 0.545 e. The third kappa shape index (κ3) is 12.1. The molecule has 6 aromatic rings. The quantitative estimate of drug-likeness (QED) is 0.161. The van der Waals surface area contributed by atoms with Crippen molar-refractivity contribution in [2.75, 3.05) is 21.3 Å². The van der Waals surface area contributed by atoms with Gasteiger partial charge in [0, 0.05) is 50.1 Å². The van der Waals surface area contributed by atoms with Gasteiger partial charge in [-0.1, -0.05) is 72.8 Å². The number of hydrogen-bond donors (Lipinski definition) is 0. The largest absolute Gasteiger partial charge is 2.00 e. The number of carbonyl (C=O) groups excluding carboxylic acids is 6. The molecule has 0 saturated carbocycles. The fourth-order valence-electron chi connectivity index (χ4n) is 5.27. The molecular weight excluding hydrogens is 884 g/mol. The van der Waals surface area contributed by atoms with E-state index in [0.717, 1.165) is 0 Å². The topological polar surface area (TPSA) is 199 Å². The van der Waals surface area contributed by atoms with Crippen LogP contribution in [0.15, 0.2) is 146 Å². The molecule has 0 saturated heterocycles. The maximum atomic E-state index is 12.2. The molecule has 0 heterocycles. The molecule has 13 heteroatoms. The minimum absolute atomic E-state index is 0. The summed E-state index contributed by atoms with van der Waals surface area (Å²) in [6, 6.07) is 37.4. The molecular formula is C45H33EuO12-. The zero-order chi connectivity index (χ0) is 41.5. The number of carboxylic acid groups (broad SMARTS) is 3. The van der Waals surface area contributed by atoms with E-state index in [9.17, 15) is 44.1 Å². The first-order chi connectivity index (χ1) is 27.4. The molecule has 6 aromatic carbocycles. The number of rotatable bonds is 12. The molecule has 0 aliphatic carbocycles. The Morgan fingerprint density at radius 1 is 0.328 bits per heavy atom. The van der Waals surface area contributed by atoms with Crippen molar-refractivity contribution in [1.29, 1.82) is 0 Å². The van der Waals surface area contributed by atoms with Crippen molar-refractivity contribution in [2.24, 2.45) is 0 Å². The van der Waals surface area contributed by atoms with Gasteiger partial charge in [-0.25, -0.2) is 0 Å². The van der Waals surface area contributed by atoms with Crippen molar-refractivity contribution in [1.82, 2.24) is 0 Å². The summed E-state index contributed by atoms with van der Waals surface area (Å²) in [5.74, 6) is -3.28. The average molecular weight is 918 g/mol. The van der Waals surface area contributed by atoms with Crippen LogP contribution in [0.3, 0.4) is 0 Å². The Morgan fingerprint density at radius 2 is 0.517 bits per heavy atom. The second-order valence-corrected chi connectivity index (χ2v) is 11.7. The molecule has 0 spiro atoms. The maximum Gasteiger partial charge on any atom is 2.00 e. The van der Waals surface area contributed by atoms with E-state index in [1.165, 1.54) is 57.7 Å². The van der Waals surface area contributed by atoms with E-state index in [4.69, 9.17) is 14.2 Å². The standard InChI is InChI=1S/3C15H12O4.Eu/c3*1-19-11-8-6-10(7-9-11)14(16)12-4-2-3-5-13(12)15(17)18;/h3*2-9H,1H3,(H,17,18);/q;;;+2/p-3. The van der Waals surface area contributed by atoms with Crippen LogP contribution in [0.5, 0.6) is 17.2 Å². The van der Waals surface area contributed by atoms with Crippen LogP contribution in [0.25, 0.3) is 0 Å². The van der Waals surface area contributed by atoms with Gasteiger partial charge in [0.2, 0.25) is 0 Å². The van der Waals surface area contributed by atoms with E-state index in [2.05, 4.69) is 0 Å². The van der Waals surface area contributed by atoms with Gasteiger partial charge in [0.1, 0.15) is 17.2 Å². The number of ether oxygens (including phenoxy) is 3. The van der Waals surface area contributed by atoms with Gasteiger partial charge in [0.15, 0.2) is 17.3 Å². The molecule has 0 atom stereocenters. The molecule has 0 bridgehead atoms. The van der Waals surface area contributed by atoms with Crippen LogP contribution < -0.4 is 29.5 Å². The van der Waals surface area contributed by atoms with Gasteiger partial charge in [0.05, 0.1) is 39.2 Å². The summed E-state index contributed by atoms with van der Waals surface area (Å²) in [6.45, 7) is 0. The number of carbonyl (C=O) groups is 6. The Hall–Kier alpha value is -6.28. The van der Waals surface area contributed by atoms with E-state index < -0.39 is 17.9 Å². The molecule has 0 aliphatic heterocycles. The number of hydrogen-bond acceptors (Lipinski definition) is 12. The first-order valence-electron chi connectivity index (χ1n) is 16.9. The van der Waals surface area contributed by atoms with Crippen LogP contribution in [0, 0.1) is 49.4 Å². The van der Waals surface area contributed by atoms with Gasteiger partial charge in [-0.2, -0.15) is 0 Å². The minimum atomic E-state index is -1.36. The molecule has 0 aromatic heterocycles. The van der Waals surface area contributed by atoms with Crippen molar-refractivity contribution in [3.63, 3.8) is 0 Å². The molecule has 0 N–H and O–H groups in total. The maximum absolute atomic E-state index is 12.2. The summed E-state index contributed by atoms with van der Waals surface area (Å²) in [7, 11) is 4.59. The van der Waals surface area contributed by atoms with Gasteiger partial charge in [-0.3, -0.25) is 14.4 Å². The molecule has 0 amide bonds. The first-order valence-corrected chi connectivity index (χ1v) is 16.9. The Bertz CT molecular complexity index is 2120. The number of benzene rings is 6. The van der Waals surface area contributed by atoms with Crippen molar-refractivity contribution < 1.29 is 108 Å².